The summed E-state index contributed by atoms with van der Waals surface area (Å²) in [4.78, 5) is 25.9. The van der Waals surface area contributed by atoms with Crippen molar-refractivity contribution in [2.24, 2.45) is 0 Å². The lowest BCUT2D eigenvalue weighted by Gasteiger charge is -2.19. The summed E-state index contributed by atoms with van der Waals surface area (Å²) in [5.41, 5.74) is 3.17. The summed E-state index contributed by atoms with van der Waals surface area (Å²) in [6.45, 7) is 3.77. The highest BCUT2D eigenvalue weighted by molar-refractivity contribution is 5.95. The van der Waals surface area contributed by atoms with Crippen molar-refractivity contribution in [1.82, 2.24) is 0 Å². The minimum atomic E-state index is -0.583. The molecule has 6 heteroatoms. The van der Waals surface area contributed by atoms with Gasteiger partial charge >= 0.3 is 5.97 Å². The second-order valence-electron chi connectivity index (χ2n) is 5.83. The zero-order valence-corrected chi connectivity index (χ0v) is 13.6. The van der Waals surface area contributed by atoms with Crippen LogP contribution in [-0.4, -0.2) is 31.6 Å². The Kier molecular flexibility index (Phi) is 4.84. The van der Waals surface area contributed by atoms with Gasteiger partial charge in [-0.3, -0.25) is 4.79 Å². The van der Waals surface area contributed by atoms with Crippen LogP contribution in [0, 0.1) is 6.92 Å². The fourth-order valence-corrected chi connectivity index (χ4v) is 2.74. The summed E-state index contributed by atoms with van der Waals surface area (Å²) in [6.07, 6.45) is 5.10. The van der Waals surface area contributed by atoms with Gasteiger partial charge in [-0.15, -0.1) is 0 Å². The van der Waals surface area contributed by atoms with Crippen molar-refractivity contribution < 1.29 is 18.7 Å². The van der Waals surface area contributed by atoms with Gasteiger partial charge in [0.2, 0.25) is 0 Å². The molecule has 1 N–H and O–H groups in total. The van der Waals surface area contributed by atoms with E-state index in [1.54, 1.807) is 0 Å². The Bertz CT molecular complexity index is 719. The Morgan fingerprint density at radius 3 is 2.71 bits per heavy atom. The normalized spacial score (nSPS) is 13.8. The molecule has 1 aliphatic rings. The van der Waals surface area contributed by atoms with Crippen molar-refractivity contribution >= 4 is 23.3 Å². The van der Waals surface area contributed by atoms with Crippen molar-refractivity contribution in [2.75, 3.05) is 29.9 Å². The van der Waals surface area contributed by atoms with Crippen LogP contribution in [0.3, 0.4) is 0 Å². The van der Waals surface area contributed by atoms with E-state index >= 15 is 0 Å². The molecule has 0 spiro atoms. The standard InChI is InChI=1S/C18H20N2O4/c1-13-10-15(20-7-2-3-8-20)4-5-16(13)19-17(21)12-24-18(22)14-6-9-23-11-14/h4-6,9-11H,2-3,7-8,12H2,1H3,(H,19,21). The number of esters is 1. The molecule has 0 saturated carbocycles. The molecule has 24 heavy (non-hydrogen) atoms. The van der Waals surface area contributed by atoms with Gasteiger partial charge in [0.15, 0.2) is 6.61 Å². The number of amides is 1. The third-order valence-electron chi connectivity index (χ3n) is 4.05. The van der Waals surface area contributed by atoms with Crippen LogP contribution >= 0.6 is 0 Å². The number of benzene rings is 1. The number of rotatable bonds is 5. The highest BCUT2D eigenvalue weighted by atomic mass is 16.5. The molecule has 126 valence electrons. The molecule has 0 unspecified atom stereocenters. The maximum atomic E-state index is 12.0. The zero-order chi connectivity index (χ0) is 16.9. The molecule has 0 aliphatic carbocycles. The maximum Gasteiger partial charge on any atom is 0.341 e. The van der Waals surface area contributed by atoms with Crippen LogP contribution < -0.4 is 10.2 Å². The minimum absolute atomic E-state index is 0.286. The third kappa shape index (κ3) is 3.76. The summed E-state index contributed by atoms with van der Waals surface area (Å²) < 4.78 is 9.75. The van der Waals surface area contributed by atoms with Gasteiger partial charge in [-0.1, -0.05) is 0 Å². The Balaban J connectivity index is 1.55. The minimum Gasteiger partial charge on any atom is -0.472 e. The van der Waals surface area contributed by atoms with Gasteiger partial charge in [0.25, 0.3) is 5.91 Å². The molecule has 0 radical (unpaired) electrons. The number of furan rings is 1. The molecule has 1 amide bonds. The van der Waals surface area contributed by atoms with E-state index in [9.17, 15) is 9.59 Å². The van der Waals surface area contributed by atoms with Crippen molar-refractivity contribution in [2.45, 2.75) is 19.8 Å². The lowest BCUT2D eigenvalue weighted by Crippen LogP contribution is -2.21. The lowest BCUT2D eigenvalue weighted by molar-refractivity contribution is -0.119. The molecule has 0 bridgehead atoms. The van der Waals surface area contributed by atoms with Crippen molar-refractivity contribution in [3.63, 3.8) is 0 Å². The Labute approximate surface area is 140 Å². The number of nitrogens with one attached hydrogen (secondary N) is 1. The fourth-order valence-electron chi connectivity index (χ4n) is 2.74. The lowest BCUT2D eigenvalue weighted by atomic mass is 10.1. The van der Waals surface area contributed by atoms with Gasteiger partial charge in [-0.2, -0.15) is 0 Å². The summed E-state index contributed by atoms with van der Waals surface area (Å²) >= 11 is 0. The van der Waals surface area contributed by atoms with E-state index in [-0.39, 0.29) is 18.1 Å². The summed E-state index contributed by atoms with van der Waals surface area (Å²) in [5, 5.41) is 2.77. The molecule has 1 fully saturated rings. The number of carbonyl (C=O) groups is 2. The van der Waals surface area contributed by atoms with Crippen LogP contribution in [0.1, 0.15) is 28.8 Å². The van der Waals surface area contributed by atoms with Crippen LogP contribution in [0.15, 0.2) is 41.2 Å². The molecule has 1 aliphatic heterocycles. The number of hydrogen-bond acceptors (Lipinski definition) is 5. The van der Waals surface area contributed by atoms with Gasteiger partial charge < -0.3 is 19.4 Å². The fraction of sp³-hybridized carbons (Fsp3) is 0.333. The molecule has 1 aromatic carbocycles. The monoisotopic (exact) mass is 328 g/mol. The molecule has 1 saturated heterocycles. The van der Waals surface area contributed by atoms with Gasteiger partial charge in [-0.05, 0) is 49.6 Å². The summed E-state index contributed by atoms with van der Waals surface area (Å²) in [6, 6.07) is 7.45. The van der Waals surface area contributed by atoms with Gasteiger partial charge in [0, 0.05) is 24.5 Å². The summed E-state index contributed by atoms with van der Waals surface area (Å²) in [7, 11) is 0. The van der Waals surface area contributed by atoms with Gasteiger partial charge in [0.1, 0.15) is 6.26 Å². The first-order chi connectivity index (χ1) is 11.6. The predicted molar refractivity (Wildman–Crippen MR) is 90.2 cm³/mol. The van der Waals surface area contributed by atoms with Gasteiger partial charge in [-0.25, -0.2) is 4.79 Å². The number of anilines is 2. The highest BCUT2D eigenvalue weighted by Gasteiger charge is 2.15. The van der Waals surface area contributed by atoms with E-state index in [0.29, 0.717) is 0 Å². The number of hydrogen-bond donors (Lipinski definition) is 1. The molecule has 2 aromatic rings. The molecule has 2 heterocycles. The van der Waals surface area contributed by atoms with E-state index in [1.807, 2.05) is 19.1 Å². The average molecular weight is 328 g/mol. The van der Waals surface area contributed by atoms with Crippen LogP contribution in [-0.2, 0) is 9.53 Å². The maximum absolute atomic E-state index is 12.0. The van der Waals surface area contributed by atoms with Crippen LogP contribution in [0.25, 0.3) is 0 Å². The first kappa shape index (κ1) is 16.1. The molecule has 3 rings (SSSR count). The Morgan fingerprint density at radius 2 is 2.04 bits per heavy atom. The molecule has 0 atom stereocenters. The largest absolute Gasteiger partial charge is 0.472 e. The highest BCUT2D eigenvalue weighted by Crippen LogP contribution is 2.25. The van der Waals surface area contributed by atoms with Gasteiger partial charge in [0.05, 0.1) is 11.8 Å². The third-order valence-corrected chi connectivity index (χ3v) is 4.05. The quantitative estimate of drug-likeness (QED) is 0.854. The number of aryl methyl sites for hydroxylation is 1. The first-order valence-electron chi connectivity index (χ1n) is 7.98. The van der Waals surface area contributed by atoms with Crippen molar-refractivity contribution in [1.29, 1.82) is 0 Å². The Morgan fingerprint density at radius 1 is 1.25 bits per heavy atom. The molecular formula is C18H20N2O4. The predicted octanol–water partition coefficient (Wildman–Crippen LogP) is 2.98. The topological polar surface area (TPSA) is 71.8 Å². The Hall–Kier alpha value is -2.76. The SMILES string of the molecule is Cc1cc(N2CCCC2)ccc1NC(=O)COC(=O)c1ccoc1. The zero-order valence-electron chi connectivity index (χ0n) is 13.6. The van der Waals surface area contributed by atoms with Crippen LogP contribution in [0.2, 0.25) is 0 Å². The van der Waals surface area contributed by atoms with Crippen molar-refractivity contribution in [3.05, 3.63) is 47.9 Å². The van der Waals surface area contributed by atoms with Crippen molar-refractivity contribution in [3.8, 4) is 0 Å². The smallest absolute Gasteiger partial charge is 0.341 e. The molecular weight excluding hydrogens is 308 g/mol. The molecule has 6 nitrogen and oxygen atoms in total. The van der Waals surface area contributed by atoms with E-state index in [1.165, 1.54) is 37.1 Å². The van der Waals surface area contributed by atoms with E-state index < -0.39 is 5.97 Å². The second kappa shape index (κ2) is 7.21. The van der Waals surface area contributed by atoms with Crippen LogP contribution in [0.4, 0.5) is 11.4 Å². The second-order valence-corrected chi connectivity index (χ2v) is 5.83. The molecule has 1 aromatic heterocycles. The number of ether oxygens (including phenoxy) is 1. The van der Waals surface area contributed by atoms with Crippen LogP contribution in [0.5, 0.6) is 0 Å². The number of nitrogens with zero attached hydrogens (tertiary/aromatic N) is 1. The van der Waals surface area contributed by atoms with E-state index in [0.717, 1.165) is 24.3 Å². The summed E-state index contributed by atoms with van der Waals surface area (Å²) in [5.74, 6) is -0.955. The van der Waals surface area contributed by atoms with E-state index in [2.05, 4.69) is 16.3 Å². The number of carbonyl (C=O) groups excluding carboxylic acids is 2. The average Bonchev–Trinajstić information content (AvgIpc) is 3.27. The van der Waals surface area contributed by atoms with E-state index in [4.69, 9.17) is 9.15 Å². The first-order valence-corrected chi connectivity index (χ1v) is 7.98.